The lowest BCUT2D eigenvalue weighted by molar-refractivity contribution is -0.386. The highest BCUT2D eigenvalue weighted by atomic mass is 16.6. The molecule has 156 valence electrons. The molecule has 0 saturated carbocycles. The minimum absolute atomic E-state index is 0.0144. The Morgan fingerprint density at radius 3 is 2.40 bits per heavy atom. The quantitative estimate of drug-likeness (QED) is 0.438. The van der Waals surface area contributed by atoms with Crippen molar-refractivity contribution in [2.75, 3.05) is 6.54 Å². The van der Waals surface area contributed by atoms with Crippen molar-refractivity contribution in [1.82, 2.24) is 24.9 Å². The molecule has 1 amide bonds. The predicted octanol–water partition coefficient (Wildman–Crippen LogP) is 1.99. The maximum atomic E-state index is 12.3. The second-order valence-corrected chi connectivity index (χ2v) is 6.61. The Bertz CT molecular complexity index is 1100. The van der Waals surface area contributed by atoms with Gasteiger partial charge in [0.2, 0.25) is 0 Å². The number of nitrogens with one attached hydrogen (secondary N) is 1. The molecule has 3 aromatic rings. The van der Waals surface area contributed by atoms with E-state index in [2.05, 4.69) is 15.5 Å². The molecule has 12 nitrogen and oxygen atoms in total. The maximum Gasteiger partial charge on any atom is 0.312 e. The van der Waals surface area contributed by atoms with E-state index in [0.717, 1.165) is 5.56 Å². The highest BCUT2D eigenvalue weighted by Crippen LogP contribution is 2.21. The maximum absolute atomic E-state index is 12.3. The molecule has 1 N–H and O–H groups in total. The first-order valence-electron chi connectivity index (χ1n) is 8.98. The van der Waals surface area contributed by atoms with E-state index < -0.39 is 9.85 Å². The molecule has 12 heteroatoms. The minimum Gasteiger partial charge on any atom is -0.350 e. The largest absolute Gasteiger partial charge is 0.350 e. The number of hydrogen-bond donors (Lipinski definition) is 1. The van der Waals surface area contributed by atoms with Crippen LogP contribution >= 0.6 is 0 Å². The molecule has 1 aromatic carbocycles. The zero-order valence-corrected chi connectivity index (χ0v) is 16.3. The van der Waals surface area contributed by atoms with Crippen molar-refractivity contribution < 1.29 is 14.6 Å². The summed E-state index contributed by atoms with van der Waals surface area (Å²) >= 11 is 0. The molecule has 0 bridgehead atoms. The molecule has 0 radical (unpaired) electrons. The SMILES string of the molecule is Cc1nn(CCNC(=O)c2ccc(Cn3cc([N+](=O)[O-])cn3)cc2)c(C)c1[N+](=O)[O-]. The number of rotatable bonds is 8. The third-order valence-corrected chi connectivity index (χ3v) is 4.53. The lowest BCUT2D eigenvalue weighted by Crippen LogP contribution is -2.27. The van der Waals surface area contributed by atoms with Gasteiger partial charge in [-0.15, -0.1) is 0 Å². The number of carbonyl (C=O) groups excluding carboxylic acids is 1. The summed E-state index contributed by atoms with van der Waals surface area (Å²) in [5.41, 5.74) is 1.96. The molecule has 0 aliphatic rings. The van der Waals surface area contributed by atoms with Crippen LogP contribution in [0.5, 0.6) is 0 Å². The number of nitro groups is 2. The van der Waals surface area contributed by atoms with Gasteiger partial charge in [0.1, 0.15) is 23.8 Å². The predicted molar refractivity (Wildman–Crippen MR) is 105 cm³/mol. The van der Waals surface area contributed by atoms with Gasteiger partial charge in [0.25, 0.3) is 5.91 Å². The van der Waals surface area contributed by atoms with Gasteiger partial charge in [-0.3, -0.25) is 34.4 Å². The Hall–Kier alpha value is -4.09. The van der Waals surface area contributed by atoms with Crippen molar-refractivity contribution in [2.45, 2.75) is 26.9 Å². The van der Waals surface area contributed by atoms with Crippen molar-refractivity contribution >= 4 is 17.3 Å². The van der Waals surface area contributed by atoms with Crippen molar-refractivity contribution in [3.05, 3.63) is 79.4 Å². The summed E-state index contributed by atoms with van der Waals surface area (Å²) in [5, 5.41) is 32.6. The van der Waals surface area contributed by atoms with Gasteiger partial charge in [-0.05, 0) is 31.5 Å². The fourth-order valence-electron chi connectivity index (χ4n) is 3.03. The van der Waals surface area contributed by atoms with Gasteiger partial charge in [-0.1, -0.05) is 12.1 Å². The average Bonchev–Trinajstić information content (AvgIpc) is 3.26. The van der Waals surface area contributed by atoms with E-state index in [-0.39, 0.29) is 23.8 Å². The fraction of sp³-hybridized carbons (Fsp3) is 0.278. The molecule has 2 aromatic heterocycles. The Morgan fingerprint density at radius 2 is 1.83 bits per heavy atom. The van der Waals surface area contributed by atoms with Crippen molar-refractivity contribution in [1.29, 1.82) is 0 Å². The smallest absolute Gasteiger partial charge is 0.312 e. The van der Waals surface area contributed by atoms with Crippen LogP contribution in [0.25, 0.3) is 0 Å². The highest BCUT2D eigenvalue weighted by Gasteiger charge is 2.21. The Balaban J connectivity index is 1.55. The molecule has 0 fully saturated rings. The molecule has 0 atom stereocenters. The first-order valence-corrected chi connectivity index (χ1v) is 8.98. The zero-order valence-electron chi connectivity index (χ0n) is 16.3. The Kier molecular flexibility index (Phi) is 5.85. The standard InChI is InChI=1S/C18H19N7O5/c1-12-17(25(29)30)13(2)23(21-12)8-7-19-18(26)15-5-3-14(4-6-15)10-22-11-16(9-20-22)24(27)28/h3-6,9,11H,7-8,10H2,1-2H3,(H,19,26). The zero-order chi connectivity index (χ0) is 21.8. The number of aryl methyl sites for hydroxylation is 1. The molecule has 2 heterocycles. The van der Waals surface area contributed by atoms with E-state index >= 15 is 0 Å². The lowest BCUT2D eigenvalue weighted by Gasteiger charge is -2.07. The minimum atomic E-state index is -0.513. The Morgan fingerprint density at radius 1 is 1.13 bits per heavy atom. The van der Waals surface area contributed by atoms with Gasteiger partial charge in [-0.2, -0.15) is 10.2 Å². The molecule has 0 aliphatic heterocycles. The van der Waals surface area contributed by atoms with E-state index in [9.17, 15) is 25.0 Å². The molecule has 0 aliphatic carbocycles. The number of amides is 1. The summed E-state index contributed by atoms with van der Waals surface area (Å²) in [4.78, 5) is 33.1. The molecular formula is C18H19N7O5. The summed E-state index contributed by atoms with van der Waals surface area (Å²) in [6.07, 6.45) is 2.52. The number of carbonyl (C=O) groups is 1. The van der Waals surface area contributed by atoms with Gasteiger partial charge in [0, 0.05) is 12.1 Å². The van der Waals surface area contributed by atoms with Gasteiger partial charge in [0.15, 0.2) is 0 Å². The van der Waals surface area contributed by atoms with Gasteiger partial charge >= 0.3 is 11.4 Å². The first-order chi connectivity index (χ1) is 14.3. The first kappa shape index (κ1) is 20.6. The third-order valence-electron chi connectivity index (χ3n) is 4.53. The second-order valence-electron chi connectivity index (χ2n) is 6.61. The summed E-state index contributed by atoms with van der Waals surface area (Å²) in [7, 11) is 0. The normalized spacial score (nSPS) is 10.7. The Labute approximate surface area is 170 Å². The van der Waals surface area contributed by atoms with E-state index in [4.69, 9.17) is 0 Å². The van der Waals surface area contributed by atoms with Crippen LogP contribution in [0.3, 0.4) is 0 Å². The van der Waals surface area contributed by atoms with Gasteiger partial charge in [0.05, 0.1) is 22.9 Å². The molecule has 30 heavy (non-hydrogen) atoms. The topological polar surface area (TPSA) is 151 Å². The summed E-state index contributed by atoms with van der Waals surface area (Å²) in [6.45, 7) is 4.10. The highest BCUT2D eigenvalue weighted by molar-refractivity contribution is 5.94. The van der Waals surface area contributed by atoms with Gasteiger partial charge < -0.3 is 5.32 Å². The summed E-state index contributed by atoms with van der Waals surface area (Å²) in [5.74, 6) is -0.285. The van der Waals surface area contributed by atoms with Crippen LogP contribution in [0.2, 0.25) is 0 Å². The number of benzene rings is 1. The van der Waals surface area contributed by atoms with Crippen LogP contribution < -0.4 is 5.32 Å². The third kappa shape index (κ3) is 4.48. The average molecular weight is 413 g/mol. The van der Waals surface area contributed by atoms with Crippen LogP contribution in [-0.4, -0.2) is 41.9 Å². The number of nitrogens with zero attached hydrogens (tertiary/aromatic N) is 6. The monoisotopic (exact) mass is 413 g/mol. The molecule has 0 unspecified atom stereocenters. The molecular weight excluding hydrogens is 394 g/mol. The van der Waals surface area contributed by atoms with Gasteiger partial charge in [-0.25, -0.2) is 0 Å². The number of aromatic nitrogens is 4. The van der Waals surface area contributed by atoms with Crippen LogP contribution in [0, 0.1) is 34.1 Å². The van der Waals surface area contributed by atoms with Crippen molar-refractivity contribution in [2.24, 2.45) is 0 Å². The fourth-order valence-corrected chi connectivity index (χ4v) is 3.03. The van der Waals surface area contributed by atoms with Crippen LogP contribution in [0.15, 0.2) is 36.7 Å². The summed E-state index contributed by atoms with van der Waals surface area (Å²) < 4.78 is 2.95. The molecule has 3 rings (SSSR count). The lowest BCUT2D eigenvalue weighted by atomic mass is 10.1. The molecule has 0 saturated heterocycles. The second kappa shape index (κ2) is 8.51. The molecule has 0 spiro atoms. The van der Waals surface area contributed by atoms with Crippen LogP contribution in [0.1, 0.15) is 27.3 Å². The van der Waals surface area contributed by atoms with E-state index in [1.54, 1.807) is 38.1 Å². The van der Waals surface area contributed by atoms with Crippen LogP contribution in [0.4, 0.5) is 11.4 Å². The van der Waals surface area contributed by atoms with E-state index in [1.807, 2.05) is 0 Å². The summed E-state index contributed by atoms with van der Waals surface area (Å²) in [6, 6.07) is 6.78. The number of hydrogen-bond acceptors (Lipinski definition) is 7. The van der Waals surface area contributed by atoms with E-state index in [1.165, 1.54) is 21.8 Å². The van der Waals surface area contributed by atoms with Crippen molar-refractivity contribution in [3.8, 4) is 0 Å². The van der Waals surface area contributed by atoms with E-state index in [0.29, 0.717) is 30.0 Å². The van der Waals surface area contributed by atoms with Crippen molar-refractivity contribution in [3.63, 3.8) is 0 Å². The van der Waals surface area contributed by atoms with Crippen LogP contribution in [-0.2, 0) is 13.1 Å².